The molecule has 1 aliphatic rings. The molecule has 1 saturated carbocycles. The normalized spacial score (nSPS) is 24.9. The number of nitrogens with two attached hydrogens (primary N) is 1. The first-order chi connectivity index (χ1) is 9.62. The maximum absolute atomic E-state index is 6.20. The van der Waals surface area contributed by atoms with E-state index in [1.165, 1.54) is 49.1 Å². The summed E-state index contributed by atoms with van der Waals surface area (Å²) in [4.78, 5) is 0. The Kier molecular flexibility index (Phi) is 5.25. The van der Waals surface area contributed by atoms with Crippen molar-refractivity contribution >= 4 is 0 Å². The van der Waals surface area contributed by atoms with Gasteiger partial charge in [0.2, 0.25) is 0 Å². The van der Waals surface area contributed by atoms with Gasteiger partial charge in [-0.05, 0) is 51.4 Å². The average Bonchev–Trinajstić information content (AvgIpc) is 2.86. The Morgan fingerprint density at radius 1 is 1.15 bits per heavy atom. The second kappa shape index (κ2) is 6.75. The third-order valence-corrected chi connectivity index (χ3v) is 4.99. The summed E-state index contributed by atoms with van der Waals surface area (Å²) in [7, 11) is 0. The van der Waals surface area contributed by atoms with E-state index in [1.54, 1.807) is 0 Å². The minimum absolute atomic E-state index is 0.0978. The highest BCUT2D eigenvalue weighted by atomic mass is 15.3. The molecule has 1 heterocycles. The van der Waals surface area contributed by atoms with Gasteiger partial charge in [-0.15, -0.1) is 0 Å². The topological polar surface area (TPSA) is 43.8 Å². The van der Waals surface area contributed by atoms with E-state index >= 15 is 0 Å². The van der Waals surface area contributed by atoms with E-state index in [4.69, 9.17) is 10.8 Å². The Morgan fingerprint density at radius 2 is 1.80 bits per heavy atom. The smallest absolute Gasteiger partial charge is 0.0672 e. The minimum atomic E-state index is 0.0978. The molecule has 3 heteroatoms. The number of rotatable bonds is 5. The number of hydrogen-bond donors (Lipinski definition) is 1. The summed E-state index contributed by atoms with van der Waals surface area (Å²) in [6.45, 7) is 8.83. The second-order valence-corrected chi connectivity index (χ2v) is 6.33. The molecule has 1 unspecified atom stereocenters. The highest BCUT2D eigenvalue weighted by molar-refractivity contribution is 5.30. The first-order valence-corrected chi connectivity index (χ1v) is 8.47. The summed E-state index contributed by atoms with van der Waals surface area (Å²) >= 11 is 0. The molecular formula is C17H31N3. The molecule has 0 saturated heterocycles. The Hall–Kier alpha value is -0.830. The largest absolute Gasteiger partial charge is 0.324 e. The molecule has 0 amide bonds. The summed E-state index contributed by atoms with van der Waals surface area (Å²) in [6.07, 6.45) is 8.65. The SMILES string of the molecule is CCc1nn(C2CCC(CC)CC2)c(CC)c1C(C)N. The molecule has 114 valence electrons. The molecule has 2 rings (SSSR count). The van der Waals surface area contributed by atoms with Gasteiger partial charge in [-0.2, -0.15) is 5.10 Å². The van der Waals surface area contributed by atoms with E-state index in [0.717, 1.165) is 18.8 Å². The fourth-order valence-corrected chi connectivity index (χ4v) is 3.77. The van der Waals surface area contributed by atoms with Gasteiger partial charge in [-0.3, -0.25) is 4.68 Å². The van der Waals surface area contributed by atoms with Gasteiger partial charge in [0, 0.05) is 17.3 Å². The molecule has 1 aromatic heterocycles. The minimum Gasteiger partial charge on any atom is -0.324 e. The van der Waals surface area contributed by atoms with E-state index < -0.39 is 0 Å². The zero-order chi connectivity index (χ0) is 14.7. The molecule has 2 N–H and O–H groups in total. The van der Waals surface area contributed by atoms with E-state index in [-0.39, 0.29) is 6.04 Å². The molecule has 1 atom stereocenters. The van der Waals surface area contributed by atoms with Crippen LogP contribution in [0.15, 0.2) is 0 Å². The lowest BCUT2D eigenvalue weighted by Crippen LogP contribution is -2.21. The van der Waals surface area contributed by atoms with Crippen molar-refractivity contribution in [2.75, 3.05) is 0 Å². The van der Waals surface area contributed by atoms with Gasteiger partial charge < -0.3 is 5.73 Å². The highest BCUT2D eigenvalue weighted by Crippen LogP contribution is 2.36. The van der Waals surface area contributed by atoms with Crippen LogP contribution >= 0.6 is 0 Å². The molecular weight excluding hydrogens is 246 g/mol. The third-order valence-electron chi connectivity index (χ3n) is 4.99. The van der Waals surface area contributed by atoms with Crippen LogP contribution in [0.3, 0.4) is 0 Å². The number of aromatic nitrogens is 2. The summed E-state index contributed by atoms with van der Waals surface area (Å²) in [6, 6.07) is 0.700. The first kappa shape index (κ1) is 15.6. The van der Waals surface area contributed by atoms with Crippen molar-refractivity contribution in [3.05, 3.63) is 17.0 Å². The van der Waals surface area contributed by atoms with Crippen molar-refractivity contribution in [2.45, 2.75) is 84.7 Å². The quantitative estimate of drug-likeness (QED) is 0.878. The van der Waals surface area contributed by atoms with E-state index in [2.05, 4.69) is 32.4 Å². The first-order valence-electron chi connectivity index (χ1n) is 8.47. The summed E-state index contributed by atoms with van der Waals surface area (Å²) < 4.78 is 2.34. The van der Waals surface area contributed by atoms with E-state index in [0.29, 0.717) is 6.04 Å². The number of aryl methyl sites for hydroxylation is 1. The second-order valence-electron chi connectivity index (χ2n) is 6.33. The van der Waals surface area contributed by atoms with E-state index in [9.17, 15) is 0 Å². The maximum atomic E-state index is 6.20. The van der Waals surface area contributed by atoms with Crippen LogP contribution in [0.25, 0.3) is 0 Å². The van der Waals surface area contributed by atoms with Crippen LogP contribution in [-0.4, -0.2) is 9.78 Å². The van der Waals surface area contributed by atoms with Crippen LogP contribution in [0.2, 0.25) is 0 Å². The van der Waals surface area contributed by atoms with Crippen molar-refractivity contribution in [2.24, 2.45) is 11.7 Å². The van der Waals surface area contributed by atoms with E-state index in [1.807, 2.05) is 0 Å². The van der Waals surface area contributed by atoms with Crippen molar-refractivity contribution in [1.29, 1.82) is 0 Å². The Bertz CT molecular complexity index is 426. The fourth-order valence-electron chi connectivity index (χ4n) is 3.77. The molecule has 1 fully saturated rings. The van der Waals surface area contributed by atoms with Crippen LogP contribution in [0.4, 0.5) is 0 Å². The Labute approximate surface area is 123 Å². The van der Waals surface area contributed by atoms with Gasteiger partial charge in [0.25, 0.3) is 0 Å². The third kappa shape index (κ3) is 2.93. The molecule has 20 heavy (non-hydrogen) atoms. The van der Waals surface area contributed by atoms with Gasteiger partial charge in [0.05, 0.1) is 11.7 Å². The summed E-state index contributed by atoms with van der Waals surface area (Å²) in [5.74, 6) is 0.936. The average molecular weight is 277 g/mol. The monoisotopic (exact) mass is 277 g/mol. The molecule has 0 aromatic carbocycles. The fraction of sp³-hybridized carbons (Fsp3) is 0.824. The predicted molar refractivity (Wildman–Crippen MR) is 84.9 cm³/mol. The molecule has 0 aliphatic heterocycles. The Morgan fingerprint density at radius 3 is 2.25 bits per heavy atom. The molecule has 0 radical (unpaired) electrons. The van der Waals surface area contributed by atoms with Crippen molar-refractivity contribution < 1.29 is 0 Å². The molecule has 0 bridgehead atoms. The Balaban J connectivity index is 2.28. The van der Waals surface area contributed by atoms with Crippen LogP contribution in [0.5, 0.6) is 0 Å². The van der Waals surface area contributed by atoms with Crippen LogP contribution in [0, 0.1) is 5.92 Å². The standard InChI is InChI=1S/C17H31N3/c1-5-13-8-10-14(11-9-13)20-16(7-3)17(12(4)18)15(6-2)19-20/h12-14H,5-11,18H2,1-4H3. The summed E-state index contributed by atoms with van der Waals surface area (Å²) in [5.41, 5.74) is 10.1. The zero-order valence-electron chi connectivity index (χ0n) is 13.7. The van der Waals surface area contributed by atoms with Crippen LogP contribution in [-0.2, 0) is 12.8 Å². The lowest BCUT2D eigenvalue weighted by molar-refractivity contribution is 0.252. The molecule has 1 aliphatic carbocycles. The molecule has 0 spiro atoms. The predicted octanol–water partition coefficient (Wildman–Crippen LogP) is 4.17. The molecule has 1 aromatic rings. The van der Waals surface area contributed by atoms with Crippen molar-refractivity contribution in [3.63, 3.8) is 0 Å². The lowest BCUT2D eigenvalue weighted by atomic mass is 9.84. The number of nitrogens with zero attached hydrogens (tertiary/aromatic N) is 2. The van der Waals surface area contributed by atoms with Gasteiger partial charge in [0.1, 0.15) is 0 Å². The lowest BCUT2D eigenvalue weighted by Gasteiger charge is -2.29. The molecule has 3 nitrogen and oxygen atoms in total. The van der Waals surface area contributed by atoms with Gasteiger partial charge in [-0.25, -0.2) is 0 Å². The van der Waals surface area contributed by atoms with Gasteiger partial charge in [-0.1, -0.05) is 27.2 Å². The van der Waals surface area contributed by atoms with Gasteiger partial charge in [0.15, 0.2) is 0 Å². The van der Waals surface area contributed by atoms with Crippen LogP contribution < -0.4 is 5.73 Å². The van der Waals surface area contributed by atoms with Crippen molar-refractivity contribution in [3.8, 4) is 0 Å². The maximum Gasteiger partial charge on any atom is 0.0672 e. The summed E-state index contributed by atoms with van der Waals surface area (Å²) in [5, 5.41) is 4.93. The van der Waals surface area contributed by atoms with Crippen molar-refractivity contribution in [1.82, 2.24) is 9.78 Å². The highest BCUT2D eigenvalue weighted by Gasteiger charge is 2.26. The zero-order valence-corrected chi connectivity index (χ0v) is 13.7. The van der Waals surface area contributed by atoms with Crippen LogP contribution in [0.1, 0.15) is 88.8 Å². The van der Waals surface area contributed by atoms with Gasteiger partial charge >= 0.3 is 0 Å². The number of hydrogen-bond acceptors (Lipinski definition) is 2.